The quantitative estimate of drug-likeness (QED) is 0.295. The molecule has 4 atom stereocenters. The Bertz CT molecular complexity index is 1770. The van der Waals surface area contributed by atoms with Crippen molar-refractivity contribution in [1.29, 1.82) is 0 Å². The molecule has 0 radical (unpaired) electrons. The third-order valence-corrected chi connectivity index (χ3v) is 10.5. The lowest BCUT2D eigenvalue weighted by molar-refractivity contribution is -0.257. The first kappa shape index (κ1) is 38.6. The van der Waals surface area contributed by atoms with Crippen LogP contribution in [0.25, 0.3) is 0 Å². The molecule has 3 aromatic rings. The molecule has 0 aliphatic carbocycles. The van der Waals surface area contributed by atoms with Crippen LogP contribution in [0.15, 0.2) is 48.9 Å². The van der Waals surface area contributed by atoms with Gasteiger partial charge in [-0.1, -0.05) is 26.0 Å². The van der Waals surface area contributed by atoms with Crippen LogP contribution in [0.1, 0.15) is 75.8 Å². The van der Waals surface area contributed by atoms with Gasteiger partial charge in [-0.15, -0.1) is 0 Å². The molecule has 1 amide bonds. The molecule has 3 aliphatic heterocycles. The van der Waals surface area contributed by atoms with Gasteiger partial charge in [0.2, 0.25) is 12.3 Å². The first-order valence-electron chi connectivity index (χ1n) is 18.4. The Balaban J connectivity index is 1.19. The number of aromatic nitrogens is 3. The van der Waals surface area contributed by atoms with Crippen LogP contribution in [0.3, 0.4) is 0 Å². The lowest BCUT2D eigenvalue weighted by Crippen LogP contribution is -2.66. The number of aliphatic hydroxyl groups is 1. The van der Waals surface area contributed by atoms with Crippen LogP contribution in [-0.4, -0.2) is 134 Å². The minimum absolute atomic E-state index is 0.00375. The monoisotopic (exact) mass is 732 g/mol. The molecule has 3 aliphatic rings. The Kier molecular flexibility index (Phi) is 11.2. The Morgan fingerprint density at radius 3 is 2.34 bits per heavy atom. The fraction of sp³-hybridized carbons (Fsp3) is 0.564. The van der Waals surface area contributed by atoms with Gasteiger partial charge in [-0.2, -0.15) is 0 Å². The van der Waals surface area contributed by atoms with Crippen molar-refractivity contribution in [2.75, 3.05) is 62.2 Å². The number of anilines is 2. The summed E-state index contributed by atoms with van der Waals surface area (Å²) >= 11 is 0. The second kappa shape index (κ2) is 15.3. The number of carboxylic acid groups (broad SMARTS) is 1. The lowest BCUT2D eigenvalue weighted by Gasteiger charge is -2.50. The molecule has 5 heterocycles. The van der Waals surface area contributed by atoms with Crippen molar-refractivity contribution in [1.82, 2.24) is 29.7 Å². The number of rotatable bonds is 10. The summed E-state index contributed by atoms with van der Waals surface area (Å²) in [7, 11) is 0. The number of hydrogen-bond acceptors (Lipinski definition) is 11. The number of nitrogens with zero attached hydrogens (tertiary/aromatic N) is 8. The number of fused-ring (bicyclic) bond motifs is 1. The minimum Gasteiger partial charge on any atom is -0.476 e. The van der Waals surface area contributed by atoms with E-state index in [1.807, 2.05) is 36.8 Å². The van der Waals surface area contributed by atoms with E-state index in [-0.39, 0.29) is 47.5 Å². The highest BCUT2D eigenvalue weighted by molar-refractivity contribution is 5.97. The number of carboxylic acids is 1. The summed E-state index contributed by atoms with van der Waals surface area (Å²) in [5.41, 5.74) is 2.67. The third kappa shape index (κ3) is 9.01. The van der Waals surface area contributed by atoms with Gasteiger partial charge < -0.3 is 24.7 Å². The normalized spacial score (nSPS) is 23.2. The number of benzene rings is 1. The number of piperazine rings is 2. The molecule has 2 aromatic heterocycles. The van der Waals surface area contributed by atoms with E-state index in [1.54, 1.807) is 12.1 Å². The van der Waals surface area contributed by atoms with Crippen molar-refractivity contribution in [3.05, 3.63) is 77.3 Å². The lowest BCUT2D eigenvalue weighted by atomic mass is 9.91. The van der Waals surface area contributed by atoms with Crippen LogP contribution < -0.4 is 9.80 Å². The third-order valence-electron chi connectivity index (χ3n) is 10.5. The van der Waals surface area contributed by atoms with Crippen molar-refractivity contribution >= 4 is 23.4 Å². The standard InChI is InChI=1S/C39H53FN8O5/c1-25-19-45(33-18-41-31(17-42-33)36(50)51)13-12-44(25)21-30-22-47(37(52)53-38(3,4)5)26(2)20-46(30)23-34(49)48-24-39(6,7)35-32(48)15-28(16-43-35)14-27-8-10-29(40)11-9-27/h8-11,15-18,25-26,30,37,52H,12-14,19-24H2,1-7H3,(H,50,51)/t25-,26-,30+,37?/m1/s1. The molecule has 6 rings (SSSR count). The number of aliphatic hydroxyl groups excluding tert-OH is 1. The van der Waals surface area contributed by atoms with Crippen molar-refractivity contribution in [3.8, 4) is 0 Å². The second-order valence-corrected chi connectivity index (χ2v) is 16.4. The molecule has 2 fully saturated rings. The van der Waals surface area contributed by atoms with E-state index in [9.17, 15) is 24.2 Å². The van der Waals surface area contributed by atoms with Crippen LogP contribution in [0.4, 0.5) is 15.9 Å². The molecule has 14 heteroatoms. The van der Waals surface area contributed by atoms with Crippen LogP contribution >= 0.6 is 0 Å². The van der Waals surface area contributed by atoms with Crippen molar-refractivity contribution in [2.24, 2.45) is 0 Å². The zero-order valence-electron chi connectivity index (χ0n) is 31.9. The highest BCUT2D eigenvalue weighted by Crippen LogP contribution is 2.40. The largest absolute Gasteiger partial charge is 0.476 e. The maximum absolute atomic E-state index is 14.4. The topological polar surface area (TPSA) is 139 Å². The van der Waals surface area contributed by atoms with Gasteiger partial charge in [0.05, 0.1) is 35.9 Å². The van der Waals surface area contributed by atoms with Crippen LogP contribution in [-0.2, 0) is 21.4 Å². The van der Waals surface area contributed by atoms with Gasteiger partial charge in [0, 0.05) is 75.6 Å². The van der Waals surface area contributed by atoms with Crippen LogP contribution in [0.2, 0.25) is 0 Å². The highest BCUT2D eigenvalue weighted by Gasteiger charge is 2.43. The van der Waals surface area contributed by atoms with Crippen molar-refractivity contribution < 1.29 is 28.9 Å². The van der Waals surface area contributed by atoms with E-state index >= 15 is 0 Å². The average Bonchev–Trinajstić information content (AvgIpc) is 3.36. The number of carbonyl (C=O) groups is 2. The smallest absolute Gasteiger partial charge is 0.356 e. The van der Waals surface area contributed by atoms with E-state index in [0.29, 0.717) is 51.5 Å². The van der Waals surface area contributed by atoms with E-state index in [2.05, 4.69) is 58.4 Å². The van der Waals surface area contributed by atoms with E-state index in [0.717, 1.165) is 29.1 Å². The molecule has 1 unspecified atom stereocenters. The van der Waals surface area contributed by atoms with Crippen molar-refractivity contribution in [2.45, 2.75) is 90.4 Å². The zero-order chi connectivity index (χ0) is 38.2. The molecule has 13 nitrogen and oxygen atoms in total. The number of carbonyl (C=O) groups excluding carboxylic acids is 1. The summed E-state index contributed by atoms with van der Waals surface area (Å²) in [4.78, 5) is 49.6. The van der Waals surface area contributed by atoms with Gasteiger partial charge in [0.1, 0.15) is 11.6 Å². The minimum atomic E-state index is -1.11. The van der Waals surface area contributed by atoms with Gasteiger partial charge in [0.15, 0.2) is 5.69 Å². The average molecular weight is 733 g/mol. The molecule has 1 aromatic carbocycles. The maximum atomic E-state index is 14.4. The van der Waals surface area contributed by atoms with Gasteiger partial charge in [-0.25, -0.2) is 24.1 Å². The first-order valence-corrected chi connectivity index (χ1v) is 18.4. The van der Waals surface area contributed by atoms with Gasteiger partial charge in [-0.3, -0.25) is 19.6 Å². The Morgan fingerprint density at radius 2 is 1.70 bits per heavy atom. The summed E-state index contributed by atoms with van der Waals surface area (Å²) < 4.78 is 19.6. The summed E-state index contributed by atoms with van der Waals surface area (Å²) in [6.07, 6.45) is 4.14. The van der Waals surface area contributed by atoms with Gasteiger partial charge in [-0.05, 0) is 70.4 Å². The Labute approximate surface area is 311 Å². The second-order valence-electron chi connectivity index (χ2n) is 16.4. The number of amides is 1. The fourth-order valence-electron chi connectivity index (χ4n) is 7.72. The Morgan fingerprint density at radius 1 is 0.962 bits per heavy atom. The predicted molar refractivity (Wildman–Crippen MR) is 199 cm³/mol. The first-order chi connectivity index (χ1) is 25.0. The maximum Gasteiger partial charge on any atom is 0.356 e. The Hall–Kier alpha value is -4.08. The van der Waals surface area contributed by atoms with E-state index in [1.165, 1.54) is 24.5 Å². The van der Waals surface area contributed by atoms with E-state index < -0.39 is 18.0 Å². The van der Waals surface area contributed by atoms with Gasteiger partial charge >= 0.3 is 5.97 Å². The molecule has 0 spiro atoms. The molecule has 53 heavy (non-hydrogen) atoms. The molecule has 0 saturated carbocycles. The highest BCUT2D eigenvalue weighted by atomic mass is 19.1. The van der Waals surface area contributed by atoms with Crippen LogP contribution in [0.5, 0.6) is 0 Å². The molecular formula is C39H53FN8O5. The van der Waals surface area contributed by atoms with Gasteiger partial charge in [0.25, 0.3) is 0 Å². The van der Waals surface area contributed by atoms with E-state index in [4.69, 9.17) is 9.72 Å². The summed E-state index contributed by atoms with van der Waals surface area (Å²) in [6, 6.07) is 8.47. The number of hydrogen-bond donors (Lipinski definition) is 2. The van der Waals surface area contributed by atoms with Crippen molar-refractivity contribution in [3.63, 3.8) is 0 Å². The number of ether oxygens (including phenoxy) is 1. The molecular weight excluding hydrogens is 679 g/mol. The molecule has 286 valence electrons. The fourth-order valence-corrected chi connectivity index (χ4v) is 7.72. The summed E-state index contributed by atoms with van der Waals surface area (Å²) in [5, 5.41) is 20.5. The number of halogens is 1. The summed E-state index contributed by atoms with van der Waals surface area (Å²) in [5.74, 6) is -0.755. The number of aromatic carboxylic acids is 1. The molecule has 0 bridgehead atoms. The SMILES string of the molecule is C[C@@H]1CN(c2cnc(C(=O)O)cn2)CCN1C[C@H]1CN(C(O)OC(C)(C)C)[C@H](C)CN1CC(=O)N1CC(C)(C)c2ncc(Cc3ccc(F)cc3)cc21. The zero-order valence-corrected chi connectivity index (χ0v) is 31.9. The summed E-state index contributed by atoms with van der Waals surface area (Å²) in [6.45, 7) is 18.7. The molecule has 2 N–H and O–H groups in total. The predicted octanol–water partition coefficient (Wildman–Crippen LogP) is 3.60. The van der Waals surface area contributed by atoms with Crippen LogP contribution in [0, 0.1) is 5.82 Å². The molecule has 2 saturated heterocycles. The number of pyridine rings is 1.